The predicted octanol–water partition coefficient (Wildman–Crippen LogP) is 4.36. The van der Waals surface area contributed by atoms with Gasteiger partial charge in [-0.1, -0.05) is 61.0 Å². The number of anilines is 1. The predicted molar refractivity (Wildman–Crippen MR) is 114 cm³/mol. The lowest BCUT2D eigenvalue weighted by Gasteiger charge is -2.23. The summed E-state index contributed by atoms with van der Waals surface area (Å²) in [5.74, 6) is -0.0899. The van der Waals surface area contributed by atoms with Crippen molar-refractivity contribution in [3.63, 3.8) is 0 Å². The molecule has 0 aliphatic rings. The smallest absolute Gasteiger partial charge is 0.278 e. The zero-order chi connectivity index (χ0) is 20.9. The maximum atomic E-state index is 13.2. The van der Waals surface area contributed by atoms with Gasteiger partial charge in [0.05, 0.1) is 10.6 Å². The van der Waals surface area contributed by atoms with Crippen LogP contribution in [-0.4, -0.2) is 20.9 Å². The minimum Gasteiger partial charge on any atom is -0.483 e. The summed E-state index contributed by atoms with van der Waals surface area (Å²) in [4.78, 5) is 13.1. The first-order valence-electron chi connectivity index (χ1n) is 9.34. The number of hydrogen-bond donors (Lipinski definition) is 0. The van der Waals surface area contributed by atoms with Crippen LogP contribution in [-0.2, 0) is 21.2 Å². The molecule has 0 atom stereocenters. The molecule has 0 fully saturated rings. The van der Waals surface area contributed by atoms with Crippen molar-refractivity contribution in [3.05, 3.63) is 90.0 Å². The van der Waals surface area contributed by atoms with Crippen LogP contribution in [0.3, 0.4) is 0 Å². The minimum atomic E-state index is -4.08. The topological polar surface area (TPSA) is 63.7 Å². The molecule has 0 bridgehead atoms. The van der Waals surface area contributed by atoms with Crippen LogP contribution in [0.2, 0.25) is 0 Å². The highest BCUT2D eigenvalue weighted by atomic mass is 32.2. The normalized spacial score (nSPS) is 11.1. The summed E-state index contributed by atoms with van der Waals surface area (Å²) in [6, 6.07) is 22.1. The fourth-order valence-corrected chi connectivity index (χ4v) is 4.36. The van der Waals surface area contributed by atoms with Crippen molar-refractivity contribution in [2.45, 2.75) is 25.2 Å². The lowest BCUT2D eigenvalue weighted by Crippen LogP contribution is -2.40. The van der Waals surface area contributed by atoms with Crippen LogP contribution in [0, 0.1) is 6.92 Å². The molecule has 0 heterocycles. The average Bonchev–Trinajstić information content (AvgIpc) is 2.74. The largest absolute Gasteiger partial charge is 0.483 e. The maximum absolute atomic E-state index is 13.2. The van der Waals surface area contributed by atoms with Gasteiger partial charge in [0.15, 0.2) is 6.61 Å². The number of aryl methyl sites for hydroxylation is 2. The van der Waals surface area contributed by atoms with Gasteiger partial charge in [0.25, 0.3) is 15.9 Å². The molecule has 6 heteroatoms. The third-order valence-corrected chi connectivity index (χ3v) is 6.24. The molecule has 0 aliphatic carbocycles. The Bertz CT molecular complexity index is 1080. The quantitative estimate of drug-likeness (QED) is 0.582. The van der Waals surface area contributed by atoms with Gasteiger partial charge in [0, 0.05) is 0 Å². The fourth-order valence-electron chi connectivity index (χ4n) is 2.93. The van der Waals surface area contributed by atoms with Crippen molar-refractivity contribution in [2.75, 3.05) is 10.9 Å². The SMILES string of the molecule is CCc1ccccc1OCC(=O)N(c1ccc(C)cc1)S(=O)(=O)c1ccccc1. The number of hydrogen-bond acceptors (Lipinski definition) is 4. The van der Waals surface area contributed by atoms with Crippen molar-refractivity contribution in [3.8, 4) is 5.75 Å². The Hall–Kier alpha value is -3.12. The van der Waals surface area contributed by atoms with Crippen LogP contribution in [0.5, 0.6) is 5.75 Å². The number of para-hydroxylation sites is 1. The van der Waals surface area contributed by atoms with Gasteiger partial charge >= 0.3 is 0 Å². The van der Waals surface area contributed by atoms with E-state index in [1.165, 1.54) is 12.1 Å². The van der Waals surface area contributed by atoms with Crippen molar-refractivity contribution >= 4 is 21.6 Å². The molecule has 0 unspecified atom stereocenters. The van der Waals surface area contributed by atoms with Gasteiger partial charge in [-0.3, -0.25) is 4.79 Å². The van der Waals surface area contributed by atoms with Gasteiger partial charge in [-0.05, 0) is 49.2 Å². The molecular formula is C23H23NO4S. The average molecular weight is 410 g/mol. The molecule has 0 saturated heterocycles. The van der Waals surface area contributed by atoms with E-state index in [9.17, 15) is 13.2 Å². The van der Waals surface area contributed by atoms with Crippen LogP contribution in [0.1, 0.15) is 18.1 Å². The first-order valence-corrected chi connectivity index (χ1v) is 10.8. The summed E-state index contributed by atoms with van der Waals surface area (Å²) >= 11 is 0. The number of benzene rings is 3. The van der Waals surface area contributed by atoms with E-state index in [1.807, 2.05) is 32.0 Å². The van der Waals surface area contributed by atoms with Crippen LogP contribution < -0.4 is 9.04 Å². The van der Waals surface area contributed by atoms with E-state index in [-0.39, 0.29) is 10.6 Å². The van der Waals surface area contributed by atoms with Gasteiger partial charge < -0.3 is 4.74 Å². The second kappa shape index (κ2) is 8.92. The third-order valence-electron chi connectivity index (χ3n) is 4.48. The van der Waals surface area contributed by atoms with E-state index in [0.29, 0.717) is 5.75 Å². The number of nitrogens with zero attached hydrogens (tertiary/aromatic N) is 1. The zero-order valence-corrected chi connectivity index (χ0v) is 17.2. The Morgan fingerprint density at radius 1 is 0.897 bits per heavy atom. The second-order valence-corrected chi connectivity index (χ2v) is 8.35. The molecule has 1 amide bonds. The minimum absolute atomic E-state index is 0.0443. The van der Waals surface area contributed by atoms with Gasteiger partial charge in [-0.2, -0.15) is 4.31 Å². The van der Waals surface area contributed by atoms with Crippen molar-refractivity contribution in [1.29, 1.82) is 0 Å². The first-order chi connectivity index (χ1) is 13.9. The van der Waals surface area contributed by atoms with E-state index in [0.717, 1.165) is 21.9 Å². The fraction of sp³-hybridized carbons (Fsp3) is 0.174. The van der Waals surface area contributed by atoms with Crippen LogP contribution in [0.4, 0.5) is 5.69 Å². The summed E-state index contributed by atoms with van der Waals surface area (Å²) in [7, 11) is -4.08. The van der Waals surface area contributed by atoms with Crippen LogP contribution in [0.15, 0.2) is 83.8 Å². The number of rotatable bonds is 7. The van der Waals surface area contributed by atoms with Crippen LogP contribution >= 0.6 is 0 Å². The van der Waals surface area contributed by atoms with E-state index in [2.05, 4.69) is 0 Å². The summed E-state index contributed by atoms with van der Waals surface area (Å²) in [5.41, 5.74) is 2.19. The molecule has 3 aromatic rings. The number of amides is 1. The molecule has 5 nitrogen and oxygen atoms in total. The van der Waals surface area contributed by atoms with E-state index in [1.54, 1.807) is 48.5 Å². The molecule has 0 radical (unpaired) electrons. The van der Waals surface area contributed by atoms with E-state index in [4.69, 9.17) is 4.74 Å². The van der Waals surface area contributed by atoms with Crippen molar-refractivity contribution < 1.29 is 17.9 Å². The summed E-state index contributed by atoms with van der Waals surface area (Å²) in [6.07, 6.45) is 0.744. The lowest BCUT2D eigenvalue weighted by atomic mass is 10.1. The molecule has 0 saturated carbocycles. The molecule has 150 valence electrons. The standard InChI is InChI=1S/C23H23NO4S/c1-3-19-9-7-8-12-22(19)28-17-23(25)24(20-15-13-18(2)14-16-20)29(26,27)21-10-5-4-6-11-21/h4-16H,3,17H2,1-2H3. The highest BCUT2D eigenvalue weighted by Crippen LogP contribution is 2.25. The zero-order valence-electron chi connectivity index (χ0n) is 16.4. The van der Waals surface area contributed by atoms with Crippen LogP contribution in [0.25, 0.3) is 0 Å². The summed E-state index contributed by atoms with van der Waals surface area (Å²) in [6.45, 7) is 3.49. The van der Waals surface area contributed by atoms with Gasteiger partial charge in [-0.25, -0.2) is 8.42 Å². The first kappa shape index (κ1) is 20.6. The lowest BCUT2D eigenvalue weighted by molar-refractivity contribution is -0.119. The van der Waals surface area contributed by atoms with Crippen molar-refractivity contribution in [1.82, 2.24) is 0 Å². The van der Waals surface area contributed by atoms with Gasteiger partial charge in [0.2, 0.25) is 0 Å². The highest BCUT2D eigenvalue weighted by Gasteiger charge is 2.31. The maximum Gasteiger partial charge on any atom is 0.278 e. The molecule has 0 aliphatic heterocycles. The molecule has 29 heavy (non-hydrogen) atoms. The highest BCUT2D eigenvalue weighted by molar-refractivity contribution is 7.93. The Kier molecular flexibility index (Phi) is 6.34. The number of carbonyl (C=O) groups is 1. The third kappa shape index (κ3) is 4.66. The molecule has 0 spiro atoms. The Balaban J connectivity index is 1.95. The van der Waals surface area contributed by atoms with E-state index >= 15 is 0 Å². The Labute approximate surface area is 171 Å². The van der Waals surface area contributed by atoms with Crippen molar-refractivity contribution in [2.24, 2.45) is 0 Å². The summed E-state index contributed by atoms with van der Waals surface area (Å²) in [5, 5.41) is 0. The molecule has 0 aromatic heterocycles. The Morgan fingerprint density at radius 3 is 2.17 bits per heavy atom. The Morgan fingerprint density at radius 2 is 1.52 bits per heavy atom. The van der Waals surface area contributed by atoms with E-state index < -0.39 is 22.5 Å². The molecule has 0 N–H and O–H groups in total. The molecule has 3 aromatic carbocycles. The number of ether oxygens (including phenoxy) is 1. The molecule has 3 rings (SSSR count). The monoisotopic (exact) mass is 409 g/mol. The molecular weight excluding hydrogens is 386 g/mol. The summed E-state index contributed by atoms with van der Waals surface area (Å²) < 4.78 is 33.0. The second-order valence-electron chi connectivity index (χ2n) is 6.56. The van der Waals surface area contributed by atoms with Gasteiger partial charge in [-0.15, -0.1) is 0 Å². The number of carbonyl (C=O) groups excluding carboxylic acids is 1. The van der Waals surface area contributed by atoms with Gasteiger partial charge in [0.1, 0.15) is 5.75 Å². The number of sulfonamides is 1.